The highest BCUT2D eigenvalue weighted by Gasteiger charge is 2.28. The van der Waals surface area contributed by atoms with Gasteiger partial charge in [0.1, 0.15) is 6.54 Å². The molecule has 0 saturated carbocycles. The number of anilines is 1. The number of amides is 1. The van der Waals surface area contributed by atoms with Crippen LogP contribution in [0.25, 0.3) is 0 Å². The van der Waals surface area contributed by atoms with Crippen LogP contribution in [0.5, 0.6) is 11.5 Å². The van der Waals surface area contributed by atoms with E-state index in [-0.39, 0.29) is 4.90 Å². The molecule has 0 unspecified atom stereocenters. The lowest BCUT2D eigenvalue weighted by Crippen LogP contribution is -2.40. The number of ether oxygens (including phenoxy) is 2. The predicted octanol–water partition coefficient (Wildman–Crippen LogP) is 4.74. The van der Waals surface area contributed by atoms with E-state index in [0.29, 0.717) is 27.2 Å². The fourth-order valence-corrected chi connectivity index (χ4v) is 5.58. The Morgan fingerprint density at radius 2 is 1.67 bits per heavy atom. The number of benzene rings is 3. The van der Waals surface area contributed by atoms with E-state index in [2.05, 4.69) is 26.5 Å². The molecule has 0 saturated heterocycles. The second-order valence-corrected chi connectivity index (χ2v) is 10.9. The average Bonchev–Trinajstić information content (AvgIpc) is 2.84. The first-order valence-corrected chi connectivity index (χ1v) is 13.2. The number of aryl methyl sites for hydroxylation is 3. The second-order valence-electron chi connectivity index (χ2n) is 8.15. The van der Waals surface area contributed by atoms with Crippen LogP contribution in [0.1, 0.15) is 22.3 Å². The van der Waals surface area contributed by atoms with Crippen molar-refractivity contribution in [3.8, 4) is 11.5 Å². The molecule has 3 rings (SSSR count). The summed E-state index contributed by atoms with van der Waals surface area (Å²) >= 11 is 3.41. The first-order valence-electron chi connectivity index (χ1n) is 11.0. The fourth-order valence-electron chi connectivity index (χ4n) is 3.48. The van der Waals surface area contributed by atoms with Crippen molar-refractivity contribution in [2.45, 2.75) is 25.7 Å². The summed E-state index contributed by atoms with van der Waals surface area (Å²) in [5.41, 5.74) is 6.02. The van der Waals surface area contributed by atoms with Crippen molar-refractivity contribution < 1.29 is 22.7 Å². The Bertz CT molecular complexity index is 1390. The van der Waals surface area contributed by atoms with Gasteiger partial charge in [0.2, 0.25) is 0 Å². The van der Waals surface area contributed by atoms with Gasteiger partial charge in [0.05, 0.1) is 35.5 Å². The number of hydrogen-bond donors (Lipinski definition) is 1. The zero-order valence-electron chi connectivity index (χ0n) is 20.7. The molecule has 1 N–H and O–H groups in total. The summed E-state index contributed by atoms with van der Waals surface area (Å²) in [7, 11) is -0.973. The first kappa shape index (κ1) is 27.2. The molecule has 0 aliphatic rings. The molecule has 0 aromatic heterocycles. The number of nitrogens with zero attached hydrogens (tertiary/aromatic N) is 2. The molecule has 190 valence electrons. The summed E-state index contributed by atoms with van der Waals surface area (Å²) in [5, 5.41) is 4.00. The number of carbonyl (C=O) groups excluding carboxylic acids is 1. The van der Waals surface area contributed by atoms with Gasteiger partial charge in [-0.2, -0.15) is 5.10 Å². The van der Waals surface area contributed by atoms with E-state index < -0.39 is 22.5 Å². The first-order chi connectivity index (χ1) is 17.1. The summed E-state index contributed by atoms with van der Waals surface area (Å²) in [5.74, 6) is 0.427. The van der Waals surface area contributed by atoms with Gasteiger partial charge in [-0.1, -0.05) is 29.8 Å². The second kappa shape index (κ2) is 11.6. The van der Waals surface area contributed by atoms with Crippen LogP contribution in [0, 0.1) is 20.8 Å². The van der Waals surface area contributed by atoms with Crippen LogP contribution in [-0.2, 0) is 14.8 Å². The van der Waals surface area contributed by atoms with Crippen molar-refractivity contribution in [1.82, 2.24) is 5.43 Å². The lowest BCUT2D eigenvalue weighted by Gasteiger charge is -2.25. The predicted molar refractivity (Wildman–Crippen MR) is 145 cm³/mol. The molecule has 10 heteroatoms. The van der Waals surface area contributed by atoms with Crippen LogP contribution in [0.2, 0.25) is 0 Å². The number of hydrazone groups is 1. The number of carbonyl (C=O) groups is 1. The van der Waals surface area contributed by atoms with Crippen LogP contribution < -0.4 is 19.2 Å². The van der Waals surface area contributed by atoms with E-state index in [1.165, 1.54) is 32.6 Å². The Hall–Kier alpha value is -3.37. The lowest BCUT2D eigenvalue weighted by atomic mass is 10.1. The molecule has 0 radical (unpaired) electrons. The Kier molecular flexibility index (Phi) is 8.75. The number of sulfonamides is 1. The molecule has 0 fully saturated rings. The molecule has 0 atom stereocenters. The van der Waals surface area contributed by atoms with Crippen LogP contribution in [0.4, 0.5) is 5.69 Å². The number of methoxy groups -OCH3 is 2. The Morgan fingerprint density at radius 1 is 1.00 bits per heavy atom. The summed E-state index contributed by atoms with van der Waals surface area (Å²) in [4.78, 5) is 12.9. The SMILES string of the molecule is COc1cc(/C=N\NC(=O)CN(c2cc(C)ccc2C)S(=O)(=O)c2ccc(C)cc2)cc(Br)c1OC. The smallest absolute Gasteiger partial charge is 0.264 e. The average molecular weight is 574 g/mol. The highest BCUT2D eigenvalue weighted by atomic mass is 79.9. The van der Waals surface area contributed by atoms with Crippen LogP contribution in [0.3, 0.4) is 0 Å². The molecule has 8 nitrogen and oxygen atoms in total. The topological polar surface area (TPSA) is 97.3 Å². The van der Waals surface area contributed by atoms with Crippen LogP contribution in [0.15, 0.2) is 69.1 Å². The van der Waals surface area contributed by atoms with Gasteiger partial charge >= 0.3 is 0 Å². The zero-order valence-corrected chi connectivity index (χ0v) is 23.1. The van der Waals surface area contributed by atoms with Gasteiger partial charge < -0.3 is 9.47 Å². The zero-order chi connectivity index (χ0) is 26.5. The molecule has 0 heterocycles. The monoisotopic (exact) mass is 573 g/mol. The van der Waals surface area contributed by atoms with E-state index in [1.807, 2.05) is 26.0 Å². The molecule has 0 aliphatic heterocycles. The largest absolute Gasteiger partial charge is 0.493 e. The van der Waals surface area contributed by atoms with Crippen molar-refractivity contribution in [3.63, 3.8) is 0 Å². The van der Waals surface area contributed by atoms with Gasteiger partial charge in [0, 0.05) is 0 Å². The summed E-state index contributed by atoms with van der Waals surface area (Å²) < 4.78 is 39.5. The maximum absolute atomic E-state index is 13.6. The summed E-state index contributed by atoms with van der Waals surface area (Å²) in [6.45, 7) is 5.09. The molecular formula is C26H28BrN3O5S. The van der Waals surface area contributed by atoms with Crippen molar-refractivity contribution in [2.24, 2.45) is 5.10 Å². The molecule has 3 aromatic carbocycles. The third-order valence-electron chi connectivity index (χ3n) is 5.39. The Morgan fingerprint density at radius 3 is 2.31 bits per heavy atom. The molecule has 36 heavy (non-hydrogen) atoms. The number of hydrogen-bond acceptors (Lipinski definition) is 6. The van der Waals surface area contributed by atoms with E-state index in [1.54, 1.807) is 37.3 Å². The highest BCUT2D eigenvalue weighted by Crippen LogP contribution is 2.35. The Balaban J connectivity index is 1.88. The number of rotatable bonds is 9. The van der Waals surface area contributed by atoms with Gasteiger partial charge in [0.25, 0.3) is 15.9 Å². The lowest BCUT2D eigenvalue weighted by molar-refractivity contribution is -0.119. The quantitative estimate of drug-likeness (QED) is 0.294. The number of nitrogens with one attached hydrogen (secondary N) is 1. The minimum Gasteiger partial charge on any atom is -0.493 e. The third kappa shape index (κ3) is 6.24. The molecule has 0 bridgehead atoms. The maximum atomic E-state index is 13.6. The van der Waals surface area contributed by atoms with E-state index in [4.69, 9.17) is 9.47 Å². The molecule has 1 amide bonds. The van der Waals surface area contributed by atoms with E-state index in [0.717, 1.165) is 21.0 Å². The van der Waals surface area contributed by atoms with Crippen molar-refractivity contribution in [2.75, 3.05) is 25.1 Å². The van der Waals surface area contributed by atoms with Gasteiger partial charge in [-0.05, 0) is 83.7 Å². The third-order valence-corrected chi connectivity index (χ3v) is 7.75. The molecular weight excluding hydrogens is 546 g/mol. The molecule has 0 aliphatic carbocycles. The van der Waals surface area contributed by atoms with Crippen LogP contribution >= 0.6 is 15.9 Å². The fraction of sp³-hybridized carbons (Fsp3) is 0.231. The normalized spacial score (nSPS) is 11.4. The number of halogens is 1. The molecule has 0 spiro atoms. The highest BCUT2D eigenvalue weighted by molar-refractivity contribution is 9.10. The van der Waals surface area contributed by atoms with E-state index in [9.17, 15) is 13.2 Å². The summed E-state index contributed by atoms with van der Waals surface area (Å²) in [6, 6.07) is 15.4. The van der Waals surface area contributed by atoms with Gasteiger partial charge in [0.15, 0.2) is 11.5 Å². The van der Waals surface area contributed by atoms with Crippen molar-refractivity contribution >= 4 is 43.8 Å². The van der Waals surface area contributed by atoms with Crippen molar-refractivity contribution in [3.05, 3.63) is 81.3 Å². The minimum absolute atomic E-state index is 0.0977. The molecule has 3 aromatic rings. The van der Waals surface area contributed by atoms with Gasteiger partial charge in [-0.25, -0.2) is 13.8 Å². The Labute approximate surface area is 220 Å². The minimum atomic E-state index is -4.02. The maximum Gasteiger partial charge on any atom is 0.264 e. The van der Waals surface area contributed by atoms with Crippen LogP contribution in [-0.4, -0.2) is 41.3 Å². The van der Waals surface area contributed by atoms with Crippen molar-refractivity contribution in [1.29, 1.82) is 0 Å². The standard InChI is InChI=1S/C26H28BrN3O5S/c1-17-7-10-21(11-8-17)36(32,33)30(23-12-18(2)6-9-19(23)3)16-25(31)29-28-15-20-13-22(27)26(35-5)24(14-20)34-4/h6-15H,16H2,1-5H3,(H,29,31)/b28-15-. The van der Waals surface area contributed by atoms with Gasteiger partial charge in [-0.15, -0.1) is 0 Å². The van der Waals surface area contributed by atoms with Gasteiger partial charge in [-0.3, -0.25) is 9.10 Å². The summed E-state index contributed by atoms with van der Waals surface area (Å²) in [6.07, 6.45) is 1.43. The van der Waals surface area contributed by atoms with E-state index >= 15 is 0 Å².